The van der Waals surface area contributed by atoms with Crippen molar-refractivity contribution in [1.29, 1.82) is 0 Å². The van der Waals surface area contributed by atoms with E-state index >= 15 is 0 Å². The Bertz CT molecular complexity index is 1370. The van der Waals surface area contributed by atoms with Crippen LogP contribution in [0.3, 0.4) is 0 Å². The van der Waals surface area contributed by atoms with Crippen LogP contribution in [0.5, 0.6) is 11.5 Å². The van der Waals surface area contributed by atoms with Gasteiger partial charge in [0.2, 0.25) is 0 Å². The lowest BCUT2D eigenvalue weighted by molar-refractivity contribution is -0.120. The molecule has 1 aliphatic heterocycles. The Morgan fingerprint density at radius 2 is 1.63 bits per heavy atom. The van der Waals surface area contributed by atoms with E-state index in [2.05, 4.69) is 10.6 Å². The number of carbonyl (C=O) groups excluding carboxylic acids is 3. The van der Waals surface area contributed by atoms with E-state index in [0.29, 0.717) is 28.4 Å². The van der Waals surface area contributed by atoms with Gasteiger partial charge < -0.3 is 20.1 Å². The maximum atomic E-state index is 13.2. The number of rotatable bonds is 7. The highest BCUT2D eigenvalue weighted by Gasteiger charge is 2.40. The van der Waals surface area contributed by atoms with Gasteiger partial charge in [-0.2, -0.15) is 0 Å². The molecular formula is C26H22ClN3O5. The fourth-order valence-electron chi connectivity index (χ4n) is 3.61. The lowest BCUT2D eigenvalue weighted by Gasteiger charge is -2.19. The number of hydrogen-bond donors (Lipinski definition) is 2. The SMILES string of the molecule is COc1ccc(OC)c(N2C(=O)C(Cl)=C(Nc3cccc(C(=O)Nc4cccc(C)c4)c3)C2=O)c1. The maximum absolute atomic E-state index is 13.2. The Morgan fingerprint density at radius 3 is 2.34 bits per heavy atom. The van der Waals surface area contributed by atoms with Crippen molar-refractivity contribution in [3.8, 4) is 11.5 Å². The van der Waals surface area contributed by atoms with Crippen LogP contribution in [0.25, 0.3) is 0 Å². The number of nitrogens with zero attached hydrogens (tertiary/aromatic N) is 1. The molecule has 2 N–H and O–H groups in total. The predicted octanol–water partition coefficient (Wildman–Crippen LogP) is 4.70. The molecule has 178 valence electrons. The van der Waals surface area contributed by atoms with Crippen LogP contribution in [0.1, 0.15) is 15.9 Å². The van der Waals surface area contributed by atoms with Gasteiger partial charge in [0.25, 0.3) is 17.7 Å². The van der Waals surface area contributed by atoms with Crippen molar-refractivity contribution >= 4 is 46.4 Å². The molecule has 0 spiro atoms. The van der Waals surface area contributed by atoms with Crippen LogP contribution in [0.2, 0.25) is 0 Å². The van der Waals surface area contributed by atoms with Gasteiger partial charge in [-0.1, -0.05) is 29.8 Å². The summed E-state index contributed by atoms with van der Waals surface area (Å²) in [6.45, 7) is 1.93. The zero-order chi connectivity index (χ0) is 25.1. The van der Waals surface area contributed by atoms with Crippen LogP contribution < -0.4 is 25.0 Å². The van der Waals surface area contributed by atoms with Gasteiger partial charge in [0.15, 0.2) is 0 Å². The van der Waals surface area contributed by atoms with Gasteiger partial charge in [-0.3, -0.25) is 14.4 Å². The summed E-state index contributed by atoms with van der Waals surface area (Å²) in [6, 6.07) is 18.7. The van der Waals surface area contributed by atoms with Crippen molar-refractivity contribution in [3.63, 3.8) is 0 Å². The number of amides is 3. The third-order valence-corrected chi connectivity index (χ3v) is 5.67. The van der Waals surface area contributed by atoms with Gasteiger partial charge in [-0.25, -0.2) is 4.90 Å². The van der Waals surface area contributed by atoms with E-state index in [-0.39, 0.29) is 22.3 Å². The monoisotopic (exact) mass is 491 g/mol. The fourth-order valence-corrected chi connectivity index (χ4v) is 3.82. The minimum atomic E-state index is -0.709. The summed E-state index contributed by atoms with van der Waals surface area (Å²) in [7, 11) is 2.90. The Balaban J connectivity index is 1.58. The predicted molar refractivity (Wildman–Crippen MR) is 134 cm³/mol. The molecule has 0 fully saturated rings. The van der Waals surface area contributed by atoms with Gasteiger partial charge in [-0.15, -0.1) is 0 Å². The molecular weight excluding hydrogens is 470 g/mol. The Hall–Kier alpha value is -4.30. The van der Waals surface area contributed by atoms with Crippen molar-refractivity contribution in [2.75, 3.05) is 29.8 Å². The first-order chi connectivity index (χ1) is 16.8. The molecule has 3 aromatic carbocycles. The standard InChI is InChI=1S/C26H22ClN3O5/c1-15-6-4-8-17(12-15)29-24(31)16-7-5-9-18(13-16)28-23-22(27)25(32)30(26(23)33)20-14-19(34-2)10-11-21(20)35-3/h4-14,28H,1-3H3,(H,29,31). The highest BCUT2D eigenvalue weighted by atomic mass is 35.5. The third-order valence-electron chi connectivity index (χ3n) is 5.32. The largest absolute Gasteiger partial charge is 0.497 e. The average molecular weight is 492 g/mol. The van der Waals surface area contributed by atoms with Crippen molar-refractivity contribution < 1.29 is 23.9 Å². The smallest absolute Gasteiger partial charge is 0.283 e. The van der Waals surface area contributed by atoms with Crippen LogP contribution in [0.4, 0.5) is 17.1 Å². The Morgan fingerprint density at radius 1 is 0.886 bits per heavy atom. The molecule has 0 aliphatic carbocycles. The number of methoxy groups -OCH3 is 2. The van der Waals surface area contributed by atoms with Crippen LogP contribution >= 0.6 is 11.6 Å². The molecule has 9 heteroatoms. The summed E-state index contributed by atoms with van der Waals surface area (Å²) in [5, 5.41) is 5.44. The van der Waals surface area contributed by atoms with Crippen molar-refractivity contribution in [3.05, 3.63) is 88.6 Å². The highest BCUT2D eigenvalue weighted by Crippen LogP contribution is 2.38. The number of ether oxygens (including phenoxy) is 2. The maximum Gasteiger partial charge on any atom is 0.283 e. The summed E-state index contributed by atoms with van der Waals surface area (Å²) < 4.78 is 10.5. The van der Waals surface area contributed by atoms with Gasteiger partial charge >= 0.3 is 0 Å². The summed E-state index contributed by atoms with van der Waals surface area (Å²) in [4.78, 5) is 39.8. The Labute approximate surface area is 207 Å². The molecule has 3 amide bonds. The zero-order valence-corrected chi connectivity index (χ0v) is 20.0. The second kappa shape index (κ2) is 9.90. The molecule has 0 aromatic heterocycles. The van der Waals surface area contributed by atoms with E-state index in [9.17, 15) is 14.4 Å². The van der Waals surface area contributed by atoms with E-state index in [0.717, 1.165) is 10.5 Å². The van der Waals surface area contributed by atoms with Gasteiger partial charge in [-0.05, 0) is 55.0 Å². The number of anilines is 3. The average Bonchev–Trinajstić information content (AvgIpc) is 3.06. The lowest BCUT2D eigenvalue weighted by Crippen LogP contribution is -2.32. The number of imide groups is 1. The summed E-state index contributed by atoms with van der Waals surface area (Å²) >= 11 is 6.27. The highest BCUT2D eigenvalue weighted by molar-refractivity contribution is 6.53. The number of nitrogens with one attached hydrogen (secondary N) is 2. The third kappa shape index (κ3) is 4.83. The number of aryl methyl sites for hydroxylation is 1. The topological polar surface area (TPSA) is 97.0 Å². The molecule has 8 nitrogen and oxygen atoms in total. The number of carbonyl (C=O) groups is 3. The first-order valence-electron chi connectivity index (χ1n) is 10.6. The minimum absolute atomic E-state index is 0.113. The van der Waals surface area contributed by atoms with Crippen LogP contribution in [0.15, 0.2) is 77.5 Å². The van der Waals surface area contributed by atoms with Crippen LogP contribution in [-0.2, 0) is 9.59 Å². The van der Waals surface area contributed by atoms with E-state index < -0.39 is 11.8 Å². The quantitative estimate of drug-likeness (QED) is 0.465. The Kier molecular flexibility index (Phi) is 6.75. The van der Waals surface area contributed by atoms with Crippen LogP contribution in [0, 0.1) is 6.92 Å². The van der Waals surface area contributed by atoms with E-state index in [4.69, 9.17) is 21.1 Å². The normalized spacial score (nSPS) is 13.2. The number of halogens is 1. The minimum Gasteiger partial charge on any atom is -0.497 e. The molecule has 0 unspecified atom stereocenters. The summed E-state index contributed by atoms with van der Waals surface area (Å²) in [5.41, 5.74) is 2.54. The molecule has 35 heavy (non-hydrogen) atoms. The van der Waals surface area contributed by atoms with E-state index in [1.165, 1.54) is 20.3 Å². The molecule has 0 bridgehead atoms. The fraction of sp³-hybridized carbons (Fsp3) is 0.115. The van der Waals surface area contributed by atoms with E-state index in [1.54, 1.807) is 42.5 Å². The molecule has 0 radical (unpaired) electrons. The summed E-state index contributed by atoms with van der Waals surface area (Å²) in [6.07, 6.45) is 0. The molecule has 0 saturated carbocycles. The summed E-state index contributed by atoms with van der Waals surface area (Å²) in [5.74, 6) is -0.963. The second-order valence-corrected chi connectivity index (χ2v) is 8.08. The van der Waals surface area contributed by atoms with Crippen LogP contribution in [-0.4, -0.2) is 31.9 Å². The van der Waals surface area contributed by atoms with Gasteiger partial charge in [0.05, 0.1) is 19.9 Å². The van der Waals surface area contributed by atoms with Gasteiger partial charge in [0.1, 0.15) is 22.2 Å². The van der Waals surface area contributed by atoms with Crippen molar-refractivity contribution in [1.82, 2.24) is 0 Å². The molecule has 0 atom stereocenters. The molecule has 1 aliphatic rings. The molecule has 0 saturated heterocycles. The first-order valence-corrected chi connectivity index (χ1v) is 11.0. The number of benzene rings is 3. The van der Waals surface area contributed by atoms with Crippen molar-refractivity contribution in [2.24, 2.45) is 0 Å². The zero-order valence-electron chi connectivity index (χ0n) is 19.2. The van der Waals surface area contributed by atoms with E-state index in [1.807, 2.05) is 25.1 Å². The molecule has 1 heterocycles. The first kappa shape index (κ1) is 23.8. The second-order valence-electron chi connectivity index (χ2n) is 7.70. The molecule has 3 aromatic rings. The molecule has 4 rings (SSSR count). The number of hydrogen-bond acceptors (Lipinski definition) is 6. The van der Waals surface area contributed by atoms with Crippen molar-refractivity contribution in [2.45, 2.75) is 6.92 Å². The van der Waals surface area contributed by atoms with Gasteiger partial charge in [0, 0.05) is 23.0 Å². The lowest BCUT2D eigenvalue weighted by atomic mass is 10.1.